The molecule has 14 nitrogen and oxygen atoms in total. The summed E-state index contributed by atoms with van der Waals surface area (Å²) in [7, 11) is 2.99. The van der Waals surface area contributed by atoms with Crippen LogP contribution in [0.15, 0.2) is 73.1 Å². The zero-order valence-corrected chi connectivity index (χ0v) is 36.1. The van der Waals surface area contributed by atoms with Crippen molar-refractivity contribution in [3.63, 3.8) is 0 Å². The van der Waals surface area contributed by atoms with E-state index in [-0.39, 0.29) is 43.2 Å². The summed E-state index contributed by atoms with van der Waals surface area (Å²) in [6.45, 7) is 8.57. The monoisotopic (exact) mass is 863 g/mol. The van der Waals surface area contributed by atoms with Gasteiger partial charge in [0, 0.05) is 53.3 Å². The highest BCUT2D eigenvalue weighted by Crippen LogP contribution is 2.31. The lowest BCUT2D eigenvalue weighted by Crippen LogP contribution is -2.11. The van der Waals surface area contributed by atoms with Crippen LogP contribution in [0.5, 0.6) is 23.8 Å². The van der Waals surface area contributed by atoms with Gasteiger partial charge in [-0.1, -0.05) is 62.0 Å². The van der Waals surface area contributed by atoms with E-state index in [1.165, 1.54) is 14.2 Å². The third-order valence-electron chi connectivity index (χ3n) is 8.58. The number of ether oxygens (including phenoxy) is 4. The molecule has 0 aliphatic heterocycles. The number of benzene rings is 2. The summed E-state index contributed by atoms with van der Waals surface area (Å²) in [4.78, 5) is 35.2. The Labute approximate surface area is 360 Å². The Kier molecular flexibility index (Phi) is 17.9. The first-order valence-electron chi connectivity index (χ1n) is 18.8. The quantitative estimate of drug-likeness (QED) is 0.0938. The van der Waals surface area contributed by atoms with Crippen molar-refractivity contribution < 1.29 is 24.1 Å². The zero-order valence-electron chi connectivity index (χ0n) is 33.7. The first-order valence-corrected chi connectivity index (χ1v) is 19.6. The van der Waals surface area contributed by atoms with Crippen molar-refractivity contribution in [2.75, 3.05) is 14.2 Å². The number of pyridine rings is 2. The number of halogens is 3. The van der Waals surface area contributed by atoms with Crippen LogP contribution in [0, 0.1) is 0 Å². The fourth-order valence-corrected chi connectivity index (χ4v) is 6.02. The van der Waals surface area contributed by atoms with Crippen molar-refractivity contribution in [3.05, 3.63) is 94.2 Å². The molecule has 17 heteroatoms. The van der Waals surface area contributed by atoms with Gasteiger partial charge in [0.25, 0.3) is 0 Å². The van der Waals surface area contributed by atoms with E-state index in [1.54, 1.807) is 48.8 Å². The highest BCUT2D eigenvalue weighted by Gasteiger charge is 2.17. The van der Waals surface area contributed by atoms with E-state index in [9.17, 15) is 5.11 Å². The van der Waals surface area contributed by atoms with E-state index in [4.69, 9.17) is 47.9 Å². The third kappa shape index (κ3) is 12.9. The number of nitrogens with zero attached hydrogens (tertiary/aromatic N) is 8. The van der Waals surface area contributed by atoms with Gasteiger partial charge in [-0.05, 0) is 74.2 Å². The van der Waals surface area contributed by atoms with Gasteiger partial charge < -0.3 is 29.8 Å². The molecule has 2 atom stereocenters. The lowest BCUT2D eigenvalue weighted by atomic mass is 10.1. The number of hydrogen-bond acceptors (Lipinski definition) is 14. The number of aliphatic hydroxyl groups excluding tert-OH is 1. The van der Waals surface area contributed by atoms with Crippen LogP contribution in [0.2, 0.25) is 10.0 Å². The van der Waals surface area contributed by atoms with E-state index in [0.717, 1.165) is 31.2 Å². The van der Waals surface area contributed by atoms with Crippen LogP contribution in [0.3, 0.4) is 0 Å². The van der Waals surface area contributed by atoms with Gasteiger partial charge in [0.1, 0.15) is 0 Å². The smallest absolute Gasteiger partial charge is 0.320 e. The van der Waals surface area contributed by atoms with E-state index in [2.05, 4.69) is 53.7 Å². The van der Waals surface area contributed by atoms with Gasteiger partial charge in [0.2, 0.25) is 11.8 Å². The highest BCUT2D eigenvalue weighted by atomic mass is 35.5. The maximum Gasteiger partial charge on any atom is 0.320 e. The predicted molar refractivity (Wildman–Crippen MR) is 231 cm³/mol. The van der Waals surface area contributed by atoms with Crippen LogP contribution in [-0.2, 0) is 13.2 Å². The molecule has 312 valence electrons. The minimum Gasteiger partial charge on any atom is -0.475 e. The second-order valence-corrected chi connectivity index (χ2v) is 13.9. The first-order chi connectivity index (χ1) is 28.1. The summed E-state index contributed by atoms with van der Waals surface area (Å²) in [6, 6.07) is 18.3. The Morgan fingerprint density at radius 3 is 1.41 bits per heavy atom. The summed E-state index contributed by atoms with van der Waals surface area (Å²) in [6.07, 6.45) is 7.57. The van der Waals surface area contributed by atoms with Gasteiger partial charge >= 0.3 is 12.0 Å². The molecular formula is C42H48Cl3N9O5. The predicted octanol–water partition coefficient (Wildman–Crippen LogP) is 9.03. The molecule has 4 heterocycles. The van der Waals surface area contributed by atoms with E-state index >= 15 is 0 Å². The molecule has 4 aromatic heterocycles. The minimum absolute atomic E-state index is 0. The number of nitrogens with two attached hydrogens (primary N) is 1. The molecule has 0 spiro atoms. The highest BCUT2D eigenvalue weighted by molar-refractivity contribution is 6.33. The normalized spacial score (nSPS) is 11.7. The number of aromatic nitrogens is 8. The molecular weight excluding hydrogens is 817 g/mol. The number of rotatable bonds is 16. The molecule has 6 rings (SSSR count). The summed E-state index contributed by atoms with van der Waals surface area (Å²) < 4.78 is 22.1. The van der Waals surface area contributed by atoms with Crippen LogP contribution in [-0.4, -0.2) is 71.4 Å². The fourth-order valence-electron chi connectivity index (χ4n) is 5.62. The molecule has 6 aromatic rings. The number of aliphatic hydroxyl groups is 1. The molecule has 0 fully saturated rings. The van der Waals surface area contributed by atoms with Crippen molar-refractivity contribution in [1.29, 1.82) is 0 Å². The molecule has 2 aromatic carbocycles. The average molecular weight is 865 g/mol. The Bertz CT molecular complexity index is 2100. The zero-order chi connectivity index (χ0) is 41.6. The Hall–Kier alpha value is -5.25. The molecule has 0 radical (unpaired) electrons. The van der Waals surface area contributed by atoms with Crippen LogP contribution in [0.1, 0.15) is 64.5 Å². The number of methoxy groups -OCH3 is 2. The van der Waals surface area contributed by atoms with Crippen molar-refractivity contribution in [2.45, 2.75) is 78.7 Å². The molecule has 0 unspecified atom stereocenters. The topological polar surface area (TPSA) is 186 Å². The Morgan fingerprint density at radius 2 is 1.03 bits per heavy atom. The lowest BCUT2D eigenvalue weighted by molar-refractivity contribution is 0.201. The van der Waals surface area contributed by atoms with Crippen LogP contribution in [0.4, 0.5) is 0 Å². The molecule has 0 aliphatic carbocycles. The van der Waals surface area contributed by atoms with Crippen LogP contribution >= 0.6 is 35.6 Å². The first kappa shape index (κ1) is 46.4. The van der Waals surface area contributed by atoms with Crippen molar-refractivity contribution >= 4 is 35.6 Å². The fraction of sp³-hybridized carbons (Fsp3) is 0.333. The largest absolute Gasteiger partial charge is 0.475 e. The molecule has 0 saturated carbocycles. The van der Waals surface area contributed by atoms with E-state index in [0.29, 0.717) is 79.5 Å². The van der Waals surface area contributed by atoms with E-state index in [1.807, 2.05) is 38.1 Å². The van der Waals surface area contributed by atoms with Crippen LogP contribution < -0.4 is 24.7 Å². The molecule has 0 aliphatic rings. The number of hydrogen-bond donors (Lipinski definition) is 2. The summed E-state index contributed by atoms with van der Waals surface area (Å²) >= 11 is 12.7. The SMILES string of the molecule is CCC[C@@H](C)Oc1ccc(-c2nc(OC)nc(-c3cc(CN)ccc3Cl)n2)cn1.CCC[C@@H](C)Oc1ccc(-c2nc(OC)nc(-c3cc(CO)ccc3Cl)n2)cn1.Cl. The maximum absolute atomic E-state index is 9.41. The summed E-state index contributed by atoms with van der Waals surface area (Å²) in [5, 5.41) is 10.4. The molecule has 0 amide bonds. The van der Waals surface area contributed by atoms with Gasteiger partial charge in [0.05, 0.1) is 43.1 Å². The Morgan fingerprint density at radius 1 is 0.610 bits per heavy atom. The van der Waals surface area contributed by atoms with Gasteiger partial charge in [0.15, 0.2) is 23.3 Å². The van der Waals surface area contributed by atoms with Crippen molar-refractivity contribution in [2.24, 2.45) is 5.73 Å². The van der Waals surface area contributed by atoms with Crippen molar-refractivity contribution in [3.8, 4) is 69.3 Å². The van der Waals surface area contributed by atoms with Gasteiger partial charge in [-0.2, -0.15) is 19.9 Å². The molecule has 3 N–H and O–H groups in total. The third-order valence-corrected chi connectivity index (χ3v) is 9.24. The van der Waals surface area contributed by atoms with Crippen LogP contribution in [0.25, 0.3) is 45.6 Å². The Balaban J connectivity index is 0.000000256. The summed E-state index contributed by atoms with van der Waals surface area (Å²) in [5.41, 5.74) is 10.0. The van der Waals surface area contributed by atoms with E-state index < -0.39 is 0 Å². The lowest BCUT2D eigenvalue weighted by Gasteiger charge is -2.13. The second-order valence-electron chi connectivity index (χ2n) is 13.1. The summed E-state index contributed by atoms with van der Waals surface area (Å²) in [5.74, 6) is 2.71. The van der Waals surface area contributed by atoms with Gasteiger partial charge in [-0.25, -0.2) is 19.9 Å². The maximum atomic E-state index is 9.41. The van der Waals surface area contributed by atoms with Crippen molar-refractivity contribution in [1.82, 2.24) is 39.9 Å². The second kappa shape index (κ2) is 22.8. The van der Waals surface area contributed by atoms with Gasteiger partial charge in [-0.3, -0.25) is 0 Å². The minimum atomic E-state index is -0.110. The molecule has 0 saturated heterocycles. The standard InChI is InChI=1S/C21H24ClN5O2.C21H23ClN4O3.ClH/c1-4-5-13(2)29-18-9-7-15(12-24-18)19-25-20(27-21(26-19)28-3)16-10-14(11-23)6-8-17(16)22;1-4-5-13(2)29-18-9-7-15(11-23-18)19-24-20(26-21(25-19)28-3)16-10-14(12-27)6-8-17(16)22;/h6-10,12-13H,4-5,11,23H2,1-3H3;6-11,13,27H,4-5,12H2,1-3H3;1H/t2*13-;/m11./s1. The molecule has 59 heavy (non-hydrogen) atoms. The van der Waals surface area contributed by atoms with Gasteiger partial charge in [-0.15, -0.1) is 12.4 Å². The average Bonchev–Trinajstić information content (AvgIpc) is 3.24. The molecule has 0 bridgehead atoms.